The van der Waals surface area contributed by atoms with Gasteiger partial charge in [0.25, 0.3) is 0 Å². The zero-order chi connectivity index (χ0) is 22.3. The zero-order valence-corrected chi connectivity index (χ0v) is 21.0. The van der Waals surface area contributed by atoms with Crippen LogP contribution in [0.1, 0.15) is 55.8 Å². The molecule has 1 N–H and O–H groups in total. The average Bonchev–Trinajstić information content (AvgIpc) is 3.44. The molecule has 0 atom stereocenters. The maximum absolute atomic E-state index is 12.4. The highest BCUT2D eigenvalue weighted by Gasteiger charge is 2.20. The van der Waals surface area contributed by atoms with E-state index < -0.39 is 0 Å². The summed E-state index contributed by atoms with van der Waals surface area (Å²) in [7, 11) is 0. The van der Waals surface area contributed by atoms with Crippen LogP contribution in [0.3, 0.4) is 0 Å². The zero-order valence-electron chi connectivity index (χ0n) is 17.8. The first-order valence-electron chi connectivity index (χ1n) is 10.7. The van der Waals surface area contributed by atoms with Gasteiger partial charge in [0.15, 0.2) is 11.0 Å². The molecule has 170 valence electrons. The van der Waals surface area contributed by atoms with Crippen LogP contribution in [-0.4, -0.2) is 36.6 Å². The van der Waals surface area contributed by atoms with Crippen molar-refractivity contribution < 1.29 is 9.53 Å². The Balaban J connectivity index is 1.29. The van der Waals surface area contributed by atoms with Gasteiger partial charge in [0.05, 0.1) is 5.75 Å². The Morgan fingerprint density at radius 3 is 2.72 bits per heavy atom. The van der Waals surface area contributed by atoms with Crippen LogP contribution < -0.4 is 10.1 Å². The molecule has 0 saturated heterocycles. The summed E-state index contributed by atoms with van der Waals surface area (Å²) in [5.41, 5.74) is 0. The quantitative estimate of drug-likeness (QED) is 0.372. The van der Waals surface area contributed by atoms with Gasteiger partial charge in [0.2, 0.25) is 11.0 Å². The van der Waals surface area contributed by atoms with Crippen molar-refractivity contribution in [1.29, 1.82) is 0 Å². The Bertz CT molecular complexity index is 1030. The molecule has 1 aliphatic carbocycles. The van der Waals surface area contributed by atoms with Crippen LogP contribution in [0.15, 0.2) is 33.9 Å². The monoisotopic (exact) mass is 536 g/mol. The lowest BCUT2D eigenvalue weighted by atomic mass is 9.90. The molecule has 0 aliphatic heterocycles. The van der Waals surface area contributed by atoms with E-state index >= 15 is 0 Å². The third kappa shape index (κ3) is 6.08. The smallest absolute Gasteiger partial charge is 0.236 e. The van der Waals surface area contributed by atoms with Crippen molar-refractivity contribution in [1.82, 2.24) is 25.0 Å². The minimum Gasteiger partial charge on any atom is -0.486 e. The lowest BCUT2D eigenvalue weighted by Gasteiger charge is -2.18. The first-order valence-corrected chi connectivity index (χ1v) is 13.3. The fourth-order valence-corrected chi connectivity index (χ4v) is 5.63. The van der Waals surface area contributed by atoms with Crippen molar-refractivity contribution in [2.24, 2.45) is 0 Å². The molecule has 0 spiro atoms. The number of aromatic nitrogens is 5. The van der Waals surface area contributed by atoms with Gasteiger partial charge in [-0.25, -0.2) is 0 Å². The molecule has 1 amide bonds. The molecule has 8 nitrogen and oxygen atoms in total. The van der Waals surface area contributed by atoms with Crippen LogP contribution in [0.5, 0.6) is 5.75 Å². The number of benzene rings is 1. The third-order valence-corrected chi connectivity index (χ3v) is 7.76. The van der Waals surface area contributed by atoms with Crippen molar-refractivity contribution in [2.45, 2.75) is 63.3 Å². The molecule has 0 unspecified atom stereocenters. The van der Waals surface area contributed by atoms with Gasteiger partial charge >= 0.3 is 0 Å². The van der Waals surface area contributed by atoms with E-state index in [0.717, 1.165) is 21.1 Å². The summed E-state index contributed by atoms with van der Waals surface area (Å²) in [5.74, 6) is 2.07. The van der Waals surface area contributed by atoms with Crippen LogP contribution in [0, 0.1) is 0 Å². The number of carbonyl (C=O) groups is 1. The molecule has 3 aromatic rings. The maximum Gasteiger partial charge on any atom is 0.236 e. The van der Waals surface area contributed by atoms with Crippen LogP contribution >= 0.6 is 39.0 Å². The lowest BCUT2D eigenvalue weighted by molar-refractivity contribution is -0.113. The molecule has 2 heterocycles. The topological polar surface area (TPSA) is 94.8 Å². The maximum atomic E-state index is 12.4. The summed E-state index contributed by atoms with van der Waals surface area (Å²) >= 11 is 6.25. The van der Waals surface area contributed by atoms with Gasteiger partial charge in [-0.2, -0.15) is 0 Å². The Morgan fingerprint density at radius 1 is 1.19 bits per heavy atom. The molecule has 0 radical (unpaired) electrons. The minimum atomic E-state index is -0.125. The van der Waals surface area contributed by atoms with Crippen molar-refractivity contribution in [3.05, 3.63) is 39.6 Å². The van der Waals surface area contributed by atoms with Crippen LogP contribution in [0.2, 0.25) is 0 Å². The Morgan fingerprint density at radius 2 is 1.97 bits per heavy atom. The fourth-order valence-electron chi connectivity index (χ4n) is 3.61. The molecule has 1 aromatic carbocycles. The number of nitrogens with one attached hydrogen (secondary N) is 1. The molecular weight excluding hydrogens is 512 g/mol. The largest absolute Gasteiger partial charge is 0.486 e. The number of anilines is 1. The second-order valence-electron chi connectivity index (χ2n) is 7.50. The van der Waals surface area contributed by atoms with E-state index in [2.05, 4.69) is 41.6 Å². The molecular formula is C21H25BrN6O2S2. The van der Waals surface area contributed by atoms with E-state index in [0.29, 0.717) is 29.4 Å². The number of rotatable bonds is 9. The van der Waals surface area contributed by atoms with Gasteiger partial charge < -0.3 is 9.30 Å². The number of ether oxygens (including phenoxy) is 1. The highest BCUT2D eigenvalue weighted by atomic mass is 79.9. The summed E-state index contributed by atoms with van der Waals surface area (Å²) in [6.45, 7) is 3.02. The number of amides is 1. The number of hydrogen-bond acceptors (Lipinski definition) is 8. The van der Waals surface area contributed by atoms with E-state index in [9.17, 15) is 4.79 Å². The van der Waals surface area contributed by atoms with Gasteiger partial charge in [-0.3, -0.25) is 10.1 Å². The van der Waals surface area contributed by atoms with Gasteiger partial charge in [0.1, 0.15) is 17.4 Å². The van der Waals surface area contributed by atoms with Crippen LogP contribution in [0.4, 0.5) is 5.13 Å². The summed E-state index contributed by atoms with van der Waals surface area (Å²) in [4.78, 5) is 12.4. The van der Waals surface area contributed by atoms with E-state index in [1.54, 1.807) is 0 Å². The van der Waals surface area contributed by atoms with Gasteiger partial charge in [0, 0.05) is 16.9 Å². The summed E-state index contributed by atoms with van der Waals surface area (Å²) in [5, 5.41) is 22.1. The SMILES string of the molecule is CCn1c(COc2ccc(Br)cc2)nnc1SCC(=O)Nc1nnc(C2CCCCC2)s1. The lowest BCUT2D eigenvalue weighted by Crippen LogP contribution is -2.14. The average molecular weight is 538 g/mol. The predicted molar refractivity (Wildman–Crippen MR) is 129 cm³/mol. The van der Waals surface area contributed by atoms with E-state index in [1.807, 2.05) is 35.8 Å². The molecule has 1 aliphatic rings. The summed E-state index contributed by atoms with van der Waals surface area (Å²) < 4.78 is 8.77. The highest BCUT2D eigenvalue weighted by Crippen LogP contribution is 2.35. The molecule has 2 aromatic heterocycles. The minimum absolute atomic E-state index is 0.125. The number of halogens is 1. The van der Waals surface area contributed by atoms with Crippen LogP contribution in [0.25, 0.3) is 0 Å². The van der Waals surface area contributed by atoms with Crippen molar-refractivity contribution in [3.8, 4) is 5.75 Å². The number of nitrogens with zero attached hydrogens (tertiary/aromatic N) is 5. The van der Waals surface area contributed by atoms with E-state index in [-0.39, 0.29) is 11.7 Å². The third-order valence-electron chi connectivity index (χ3n) is 5.27. The molecule has 4 rings (SSSR count). The van der Waals surface area contributed by atoms with Crippen LogP contribution in [-0.2, 0) is 17.9 Å². The summed E-state index contributed by atoms with van der Waals surface area (Å²) in [6, 6.07) is 7.64. The van der Waals surface area contributed by atoms with Gasteiger partial charge in [-0.1, -0.05) is 58.3 Å². The van der Waals surface area contributed by atoms with Crippen molar-refractivity contribution >= 4 is 50.1 Å². The van der Waals surface area contributed by atoms with E-state index in [1.165, 1.54) is 55.2 Å². The molecule has 32 heavy (non-hydrogen) atoms. The molecule has 1 fully saturated rings. The summed E-state index contributed by atoms with van der Waals surface area (Å²) in [6.07, 6.45) is 6.13. The molecule has 11 heteroatoms. The fraction of sp³-hybridized carbons (Fsp3) is 0.476. The van der Waals surface area contributed by atoms with Crippen molar-refractivity contribution in [3.63, 3.8) is 0 Å². The second kappa shape index (κ2) is 11.2. The normalized spacial score (nSPS) is 14.4. The number of hydrogen-bond donors (Lipinski definition) is 1. The standard InChI is InChI=1S/C21H25BrN6O2S2/c1-2-28-17(12-30-16-10-8-15(22)9-11-16)24-27-21(28)31-13-18(29)23-20-26-25-19(32-20)14-6-4-3-5-7-14/h8-11,14H,2-7,12-13H2,1H3,(H,23,26,29). The van der Waals surface area contributed by atoms with Gasteiger partial charge in [-0.05, 0) is 44.0 Å². The predicted octanol–water partition coefficient (Wildman–Crippen LogP) is 5.27. The Labute approximate surface area is 203 Å². The first-order chi connectivity index (χ1) is 15.6. The molecule has 1 saturated carbocycles. The van der Waals surface area contributed by atoms with E-state index in [4.69, 9.17) is 4.74 Å². The Hall–Kier alpha value is -1.98. The van der Waals surface area contributed by atoms with Crippen molar-refractivity contribution in [2.75, 3.05) is 11.1 Å². The highest BCUT2D eigenvalue weighted by molar-refractivity contribution is 9.10. The van der Waals surface area contributed by atoms with Gasteiger partial charge in [-0.15, -0.1) is 20.4 Å². The molecule has 0 bridgehead atoms. The number of carbonyl (C=O) groups excluding carboxylic acids is 1. The second-order valence-corrected chi connectivity index (χ2v) is 10.4. The Kier molecular flexibility index (Phi) is 8.15. The first kappa shape index (κ1) is 23.2. The number of thioether (sulfide) groups is 1.